The van der Waals surface area contributed by atoms with E-state index in [0.29, 0.717) is 5.56 Å². The van der Waals surface area contributed by atoms with Crippen LogP contribution in [-0.2, 0) is 6.42 Å². The second kappa shape index (κ2) is 16.5. The van der Waals surface area contributed by atoms with Gasteiger partial charge in [-0.15, -0.1) is 0 Å². The monoisotopic (exact) mass is 401 g/mol. The molecule has 0 heterocycles. The van der Waals surface area contributed by atoms with Gasteiger partial charge in [0.05, 0.1) is 0 Å². The lowest BCUT2D eigenvalue weighted by Gasteiger charge is -2.11. The highest BCUT2D eigenvalue weighted by Gasteiger charge is 2.09. The number of primary amides is 1. The molecular weight excluding hydrogens is 354 g/mol. The molecule has 1 amide bonds. The number of aryl methyl sites for hydroxylation is 1. The summed E-state index contributed by atoms with van der Waals surface area (Å²) in [6, 6.07) is 3.99. The number of unbranched alkanes of at least 4 members (excludes halogenated alkanes) is 15. The van der Waals surface area contributed by atoms with Crippen LogP contribution in [-0.4, -0.2) is 5.91 Å². The Balaban J connectivity index is 1.94. The van der Waals surface area contributed by atoms with Gasteiger partial charge in [-0.2, -0.15) is 0 Å². The fraction of sp³-hybridized carbons (Fsp3) is 0.741. The Morgan fingerprint density at radius 1 is 0.655 bits per heavy atom. The van der Waals surface area contributed by atoms with Gasteiger partial charge in [0.25, 0.3) is 0 Å². The third-order valence-corrected chi connectivity index (χ3v) is 6.46. The van der Waals surface area contributed by atoms with Crippen molar-refractivity contribution in [3.8, 4) is 0 Å². The minimum atomic E-state index is -0.320. The number of benzene rings is 1. The zero-order valence-electron chi connectivity index (χ0n) is 19.7. The zero-order chi connectivity index (χ0) is 21.3. The van der Waals surface area contributed by atoms with E-state index in [4.69, 9.17) is 5.73 Å². The third kappa shape index (κ3) is 11.5. The number of amides is 1. The summed E-state index contributed by atoms with van der Waals surface area (Å²) in [5, 5.41) is 0. The Morgan fingerprint density at radius 3 is 1.48 bits per heavy atom. The molecule has 0 atom stereocenters. The van der Waals surface area contributed by atoms with Crippen LogP contribution in [0.5, 0.6) is 0 Å². The molecule has 2 heteroatoms. The maximum absolute atomic E-state index is 11.4. The van der Waals surface area contributed by atoms with Crippen LogP contribution >= 0.6 is 0 Å². The van der Waals surface area contributed by atoms with Crippen molar-refractivity contribution in [1.29, 1.82) is 0 Å². The largest absolute Gasteiger partial charge is 0.366 e. The van der Waals surface area contributed by atoms with E-state index in [1.807, 2.05) is 13.0 Å². The second-order valence-corrected chi connectivity index (χ2v) is 8.94. The lowest BCUT2D eigenvalue weighted by molar-refractivity contribution is 0.0999. The van der Waals surface area contributed by atoms with Gasteiger partial charge >= 0.3 is 0 Å². The molecular formula is C27H47NO. The topological polar surface area (TPSA) is 43.1 Å². The van der Waals surface area contributed by atoms with Gasteiger partial charge in [0.15, 0.2) is 0 Å². The predicted octanol–water partition coefficient (Wildman–Crippen LogP) is 8.21. The average Bonchev–Trinajstić information content (AvgIpc) is 2.70. The van der Waals surface area contributed by atoms with Gasteiger partial charge < -0.3 is 5.73 Å². The highest BCUT2D eigenvalue weighted by atomic mass is 16.1. The summed E-state index contributed by atoms with van der Waals surface area (Å²) in [5.74, 6) is -0.320. The van der Waals surface area contributed by atoms with Gasteiger partial charge in [-0.3, -0.25) is 4.79 Å². The average molecular weight is 402 g/mol. The van der Waals surface area contributed by atoms with Crippen molar-refractivity contribution >= 4 is 5.91 Å². The zero-order valence-corrected chi connectivity index (χ0v) is 19.7. The Bertz CT molecular complexity index is 564. The molecule has 0 aliphatic carbocycles. The van der Waals surface area contributed by atoms with Crippen LogP contribution in [0, 0.1) is 13.8 Å². The molecule has 0 aliphatic heterocycles. The van der Waals surface area contributed by atoms with E-state index in [0.717, 1.165) is 12.0 Å². The van der Waals surface area contributed by atoms with Gasteiger partial charge in [0.1, 0.15) is 0 Å². The lowest BCUT2D eigenvalue weighted by Crippen LogP contribution is -2.13. The summed E-state index contributed by atoms with van der Waals surface area (Å²) in [6.45, 7) is 6.41. The Kier molecular flexibility index (Phi) is 14.6. The molecule has 1 aromatic rings. The molecule has 0 saturated carbocycles. The van der Waals surface area contributed by atoms with Crippen molar-refractivity contribution < 1.29 is 4.79 Å². The second-order valence-electron chi connectivity index (χ2n) is 8.94. The predicted molar refractivity (Wildman–Crippen MR) is 128 cm³/mol. The van der Waals surface area contributed by atoms with Gasteiger partial charge in [-0.1, -0.05) is 109 Å². The van der Waals surface area contributed by atoms with Gasteiger partial charge in [-0.05, 0) is 49.4 Å². The first-order valence-corrected chi connectivity index (χ1v) is 12.5. The molecule has 0 bridgehead atoms. The van der Waals surface area contributed by atoms with E-state index in [2.05, 4.69) is 19.9 Å². The molecule has 1 rings (SSSR count). The van der Waals surface area contributed by atoms with Crippen LogP contribution in [0.25, 0.3) is 0 Å². The highest BCUT2D eigenvalue weighted by molar-refractivity contribution is 5.94. The van der Waals surface area contributed by atoms with Crippen molar-refractivity contribution in [2.75, 3.05) is 0 Å². The van der Waals surface area contributed by atoms with Crippen molar-refractivity contribution in [3.05, 3.63) is 34.4 Å². The molecule has 0 fully saturated rings. The molecule has 29 heavy (non-hydrogen) atoms. The van der Waals surface area contributed by atoms with Crippen LogP contribution in [0.1, 0.15) is 137 Å². The first kappa shape index (κ1) is 25.7. The standard InChI is InChI=1S/C27H47NO/c1-4-5-6-7-8-9-10-11-12-13-14-15-16-17-18-19-20-25-21-22-26(27(28)29)24(3)23(25)2/h21-22H,4-20H2,1-3H3,(H2,28,29). The highest BCUT2D eigenvalue weighted by Crippen LogP contribution is 2.20. The van der Waals surface area contributed by atoms with Crippen LogP contribution in [0.15, 0.2) is 12.1 Å². The molecule has 166 valence electrons. The Morgan fingerprint density at radius 2 is 1.07 bits per heavy atom. The smallest absolute Gasteiger partial charge is 0.248 e. The van der Waals surface area contributed by atoms with E-state index in [1.165, 1.54) is 114 Å². The van der Waals surface area contributed by atoms with Crippen LogP contribution in [0.3, 0.4) is 0 Å². The van der Waals surface area contributed by atoms with Crippen LogP contribution in [0.4, 0.5) is 0 Å². The van der Waals surface area contributed by atoms with Crippen molar-refractivity contribution in [2.45, 2.75) is 130 Å². The normalized spacial score (nSPS) is 11.1. The van der Waals surface area contributed by atoms with Crippen molar-refractivity contribution in [3.63, 3.8) is 0 Å². The molecule has 2 N–H and O–H groups in total. The number of carbonyl (C=O) groups excluding carboxylic acids is 1. The first-order valence-electron chi connectivity index (χ1n) is 12.5. The summed E-state index contributed by atoms with van der Waals surface area (Å²) in [4.78, 5) is 11.4. The lowest BCUT2D eigenvalue weighted by atomic mass is 9.94. The number of nitrogens with two attached hydrogens (primary N) is 1. The fourth-order valence-electron chi connectivity index (χ4n) is 4.28. The van der Waals surface area contributed by atoms with Gasteiger partial charge in [0.2, 0.25) is 5.91 Å². The minimum absolute atomic E-state index is 0.320. The molecule has 0 aromatic heterocycles. The summed E-state index contributed by atoms with van der Waals surface area (Å²) in [7, 11) is 0. The summed E-state index contributed by atoms with van der Waals surface area (Å²) in [6.07, 6.45) is 23.6. The Hall–Kier alpha value is -1.31. The van der Waals surface area contributed by atoms with Crippen molar-refractivity contribution in [1.82, 2.24) is 0 Å². The quantitative estimate of drug-likeness (QED) is 0.247. The number of rotatable bonds is 18. The molecule has 1 aromatic carbocycles. The van der Waals surface area contributed by atoms with Crippen LogP contribution in [0.2, 0.25) is 0 Å². The van der Waals surface area contributed by atoms with E-state index < -0.39 is 0 Å². The van der Waals surface area contributed by atoms with E-state index in [-0.39, 0.29) is 5.91 Å². The molecule has 2 nitrogen and oxygen atoms in total. The molecule has 0 saturated heterocycles. The third-order valence-electron chi connectivity index (χ3n) is 6.46. The van der Waals surface area contributed by atoms with E-state index >= 15 is 0 Å². The molecule has 0 aliphatic rings. The van der Waals surface area contributed by atoms with Crippen molar-refractivity contribution in [2.24, 2.45) is 5.73 Å². The maximum atomic E-state index is 11.4. The summed E-state index contributed by atoms with van der Waals surface area (Å²) in [5.41, 5.74) is 9.76. The molecule has 0 radical (unpaired) electrons. The number of carbonyl (C=O) groups is 1. The molecule has 0 unspecified atom stereocenters. The first-order chi connectivity index (χ1) is 14.1. The van der Waals surface area contributed by atoms with Crippen LogP contribution < -0.4 is 5.73 Å². The minimum Gasteiger partial charge on any atom is -0.366 e. The van der Waals surface area contributed by atoms with E-state index in [1.54, 1.807) is 0 Å². The molecule has 0 spiro atoms. The van der Waals surface area contributed by atoms with Gasteiger partial charge in [0, 0.05) is 5.56 Å². The number of hydrogen-bond donors (Lipinski definition) is 1. The maximum Gasteiger partial charge on any atom is 0.248 e. The fourth-order valence-corrected chi connectivity index (χ4v) is 4.28. The summed E-state index contributed by atoms with van der Waals surface area (Å²) >= 11 is 0. The van der Waals surface area contributed by atoms with E-state index in [9.17, 15) is 4.79 Å². The summed E-state index contributed by atoms with van der Waals surface area (Å²) < 4.78 is 0. The van der Waals surface area contributed by atoms with Gasteiger partial charge in [-0.25, -0.2) is 0 Å². The SMILES string of the molecule is CCCCCCCCCCCCCCCCCCc1ccc(C(N)=O)c(C)c1C. The number of hydrogen-bond acceptors (Lipinski definition) is 1. The Labute approximate surface area is 181 Å².